The highest BCUT2D eigenvalue weighted by Gasteiger charge is 2.66. The van der Waals surface area contributed by atoms with Crippen molar-refractivity contribution in [3.8, 4) is 0 Å². The van der Waals surface area contributed by atoms with Crippen molar-refractivity contribution in [3.05, 3.63) is 23.5 Å². The number of fused-ring (bicyclic) bond motifs is 5. The fourth-order valence-corrected chi connectivity index (χ4v) is 9.74. The van der Waals surface area contributed by atoms with Crippen LogP contribution in [-0.2, 0) is 9.53 Å². The van der Waals surface area contributed by atoms with Gasteiger partial charge in [0.15, 0.2) is 0 Å². The molecule has 0 N–H and O–H groups in total. The van der Waals surface area contributed by atoms with Gasteiger partial charge in [-0.2, -0.15) is 0 Å². The van der Waals surface area contributed by atoms with Crippen molar-refractivity contribution in [1.82, 2.24) is 0 Å². The summed E-state index contributed by atoms with van der Waals surface area (Å²) < 4.78 is 5.72. The van der Waals surface area contributed by atoms with Crippen LogP contribution >= 0.6 is 0 Å². The lowest BCUT2D eigenvalue weighted by Crippen LogP contribution is -2.58. The van der Waals surface area contributed by atoms with Gasteiger partial charge in [-0.25, -0.2) is 0 Å². The molecule has 2 nitrogen and oxygen atoms in total. The lowest BCUT2D eigenvalue weighted by molar-refractivity contribution is -0.141. The minimum absolute atomic E-state index is 0.162. The first-order valence-electron chi connectivity index (χ1n) is 14.4. The van der Waals surface area contributed by atoms with Crippen molar-refractivity contribution in [2.24, 2.45) is 51.2 Å². The predicted molar refractivity (Wildman–Crippen MR) is 142 cm³/mol. The summed E-state index contributed by atoms with van der Waals surface area (Å²) in [7, 11) is 0. The van der Waals surface area contributed by atoms with Crippen molar-refractivity contribution in [2.75, 3.05) is 0 Å². The Balaban J connectivity index is 1.61. The summed E-state index contributed by atoms with van der Waals surface area (Å²) in [5.41, 5.74) is 2.27. The van der Waals surface area contributed by atoms with Gasteiger partial charge in [0.25, 0.3) is 0 Å². The molecule has 34 heavy (non-hydrogen) atoms. The summed E-state index contributed by atoms with van der Waals surface area (Å²) >= 11 is 0. The van der Waals surface area contributed by atoms with Crippen molar-refractivity contribution in [1.29, 1.82) is 0 Å². The highest BCUT2D eigenvalue weighted by molar-refractivity contribution is 5.68. The largest absolute Gasteiger partial charge is 0.431 e. The van der Waals surface area contributed by atoms with E-state index in [0.29, 0.717) is 16.7 Å². The number of esters is 1. The Morgan fingerprint density at radius 2 is 1.68 bits per heavy atom. The molecule has 0 aliphatic heterocycles. The second-order valence-electron chi connectivity index (χ2n) is 14.3. The third kappa shape index (κ3) is 3.85. The number of rotatable bonds is 6. The molecule has 0 aromatic rings. The monoisotopic (exact) mass is 468 g/mol. The maximum atomic E-state index is 11.8. The quantitative estimate of drug-likeness (QED) is 0.287. The van der Waals surface area contributed by atoms with Gasteiger partial charge in [0.1, 0.15) is 5.76 Å². The molecule has 0 bridgehead atoms. The van der Waals surface area contributed by atoms with Crippen molar-refractivity contribution >= 4 is 5.97 Å². The minimum atomic E-state index is -0.207. The van der Waals surface area contributed by atoms with Crippen molar-refractivity contribution in [3.63, 3.8) is 0 Å². The Hall–Kier alpha value is -1.05. The first-order chi connectivity index (χ1) is 15.8. The van der Waals surface area contributed by atoms with Crippen LogP contribution < -0.4 is 0 Å². The van der Waals surface area contributed by atoms with Gasteiger partial charge in [-0.15, -0.1) is 0 Å². The number of hydrogen-bond donors (Lipinski definition) is 0. The van der Waals surface area contributed by atoms with Crippen LogP contribution in [0.15, 0.2) is 23.5 Å². The molecule has 0 amide bonds. The van der Waals surface area contributed by atoms with Crippen molar-refractivity contribution in [2.45, 2.75) is 120 Å². The molecule has 192 valence electrons. The molecule has 0 radical (unpaired) electrons. The van der Waals surface area contributed by atoms with Gasteiger partial charge in [-0.1, -0.05) is 72.5 Å². The van der Waals surface area contributed by atoms with E-state index in [4.69, 9.17) is 4.74 Å². The number of carbonyl (C=O) groups excluding carboxylic acids is 1. The summed E-state index contributed by atoms with van der Waals surface area (Å²) in [5.74, 6) is 4.84. The SMILES string of the molecule is CC(=O)OC1=CCC2(C)C(=CCC3(C)C2CCC2C(C(C)CCCC(C)C)CCC23C)C1(C)C. The van der Waals surface area contributed by atoms with Gasteiger partial charge in [0.2, 0.25) is 0 Å². The molecule has 2 fully saturated rings. The first kappa shape index (κ1) is 26.0. The van der Waals surface area contributed by atoms with E-state index in [9.17, 15) is 4.79 Å². The summed E-state index contributed by atoms with van der Waals surface area (Å²) in [5, 5.41) is 0. The Kier molecular flexibility index (Phi) is 6.74. The lowest BCUT2D eigenvalue weighted by atomic mass is 9.39. The molecule has 0 saturated heterocycles. The van der Waals surface area contributed by atoms with E-state index in [1.165, 1.54) is 63.9 Å². The molecule has 0 heterocycles. The maximum Gasteiger partial charge on any atom is 0.307 e. The molecule has 7 unspecified atom stereocenters. The van der Waals surface area contributed by atoms with Crippen LogP contribution in [0.1, 0.15) is 120 Å². The zero-order chi connectivity index (χ0) is 25.1. The third-order valence-electron chi connectivity index (χ3n) is 11.7. The maximum absolute atomic E-state index is 11.8. The van der Waals surface area contributed by atoms with Gasteiger partial charge < -0.3 is 4.74 Å². The number of carbonyl (C=O) groups is 1. The fraction of sp³-hybridized carbons (Fsp3) is 0.844. The van der Waals surface area contributed by atoms with E-state index in [-0.39, 0.29) is 16.8 Å². The Morgan fingerprint density at radius 1 is 0.971 bits per heavy atom. The summed E-state index contributed by atoms with van der Waals surface area (Å²) in [6.07, 6.45) is 16.8. The summed E-state index contributed by atoms with van der Waals surface area (Å²) in [4.78, 5) is 11.8. The lowest BCUT2D eigenvalue weighted by Gasteiger charge is -2.66. The van der Waals surface area contributed by atoms with Crippen LogP contribution in [0.2, 0.25) is 0 Å². The molecule has 0 aromatic carbocycles. The van der Waals surface area contributed by atoms with E-state index >= 15 is 0 Å². The van der Waals surface area contributed by atoms with Gasteiger partial charge in [0, 0.05) is 12.3 Å². The number of allylic oxidation sites excluding steroid dienone is 3. The standard InChI is InChI=1S/C32H52O2/c1-21(2)11-10-12-22(3)24-15-19-31(8)25(24)13-14-27-30(7)18-17-28(34-23(4)33)29(5,6)26(30)16-20-32(27,31)9/h16-17,21-22,24-25,27H,10-15,18-20H2,1-9H3. The average molecular weight is 469 g/mol. The second kappa shape index (κ2) is 8.81. The molecular formula is C32H52O2. The van der Waals surface area contributed by atoms with Crippen LogP contribution in [0.3, 0.4) is 0 Å². The highest BCUT2D eigenvalue weighted by Crippen LogP contribution is 2.74. The van der Waals surface area contributed by atoms with E-state index in [1.54, 1.807) is 0 Å². The van der Waals surface area contributed by atoms with E-state index < -0.39 is 0 Å². The molecular weight excluding hydrogens is 416 g/mol. The second-order valence-corrected chi connectivity index (χ2v) is 14.3. The molecule has 0 spiro atoms. The smallest absolute Gasteiger partial charge is 0.307 e. The molecule has 0 aromatic heterocycles. The van der Waals surface area contributed by atoms with Crippen molar-refractivity contribution < 1.29 is 9.53 Å². The molecule has 7 atom stereocenters. The number of ether oxygens (including phenoxy) is 1. The topological polar surface area (TPSA) is 26.3 Å². The van der Waals surface area contributed by atoms with E-state index in [0.717, 1.165) is 35.9 Å². The molecule has 2 saturated carbocycles. The fourth-order valence-electron chi connectivity index (χ4n) is 9.74. The molecule has 4 aliphatic rings. The normalized spacial score (nSPS) is 41.6. The third-order valence-corrected chi connectivity index (χ3v) is 11.7. The Labute approximate surface area is 210 Å². The zero-order valence-corrected chi connectivity index (χ0v) is 23.7. The average Bonchev–Trinajstić information content (AvgIpc) is 3.08. The minimum Gasteiger partial charge on any atom is -0.431 e. The zero-order valence-electron chi connectivity index (χ0n) is 23.7. The Bertz CT molecular complexity index is 862. The van der Waals surface area contributed by atoms with Crippen LogP contribution in [0.4, 0.5) is 0 Å². The van der Waals surface area contributed by atoms with E-state index in [2.05, 4.69) is 67.5 Å². The summed E-state index contributed by atoms with van der Waals surface area (Å²) in [6.45, 7) is 21.2. The van der Waals surface area contributed by atoms with Crippen LogP contribution in [0.5, 0.6) is 0 Å². The van der Waals surface area contributed by atoms with Gasteiger partial charge >= 0.3 is 5.97 Å². The molecule has 4 aliphatic carbocycles. The van der Waals surface area contributed by atoms with E-state index in [1.807, 2.05) is 0 Å². The van der Waals surface area contributed by atoms with Gasteiger partial charge in [-0.3, -0.25) is 4.79 Å². The predicted octanol–water partition coefficient (Wildman–Crippen LogP) is 9.11. The first-order valence-corrected chi connectivity index (χ1v) is 14.4. The summed E-state index contributed by atoms with van der Waals surface area (Å²) in [6, 6.07) is 0. The molecule has 2 heteroatoms. The van der Waals surface area contributed by atoms with Gasteiger partial charge in [-0.05, 0) is 104 Å². The molecule has 4 rings (SSSR count). The highest BCUT2D eigenvalue weighted by atomic mass is 16.5. The van der Waals surface area contributed by atoms with Gasteiger partial charge in [0.05, 0.1) is 0 Å². The Morgan fingerprint density at radius 3 is 2.32 bits per heavy atom. The number of hydrogen-bond acceptors (Lipinski definition) is 2. The van der Waals surface area contributed by atoms with Crippen LogP contribution in [0, 0.1) is 51.2 Å². The van der Waals surface area contributed by atoms with Crippen LogP contribution in [-0.4, -0.2) is 5.97 Å². The van der Waals surface area contributed by atoms with Crippen LogP contribution in [0.25, 0.3) is 0 Å².